The van der Waals surface area contributed by atoms with E-state index < -0.39 is 5.82 Å². The Bertz CT molecular complexity index is 413. The fourth-order valence-corrected chi connectivity index (χ4v) is 2.62. The van der Waals surface area contributed by atoms with Gasteiger partial charge in [-0.05, 0) is 49.9 Å². The van der Waals surface area contributed by atoms with Gasteiger partial charge in [0.25, 0.3) is 0 Å². The number of carbonyl (C=O) groups is 1. The summed E-state index contributed by atoms with van der Waals surface area (Å²) in [6, 6.07) is 6.24. The summed E-state index contributed by atoms with van der Waals surface area (Å²) in [7, 11) is 0. The Balaban J connectivity index is 1.96. The fourth-order valence-electron chi connectivity index (χ4n) is 2.62. The smallest absolute Gasteiger partial charge is 0.166 e. The second-order valence-electron chi connectivity index (χ2n) is 5.19. The first-order valence-corrected chi connectivity index (χ1v) is 6.67. The normalized spacial score (nSPS) is 21.6. The molecule has 2 nitrogen and oxygen atoms in total. The molecule has 1 aromatic carbocycles. The Morgan fingerprint density at radius 3 is 2.94 bits per heavy atom. The molecule has 0 bridgehead atoms. The highest BCUT2D eigenvalue weighted by Gasteiger charge is 2.23. The van der Waals surface area contributed by atoms with Crippen LogP contribution in [-0.2, 0) is 0 Å². The van der Waals surface area contributed by atoms with Crippen molar-refractivity contribution in [3.8, 4) is 0 Å². The summed E-state index contributed by atoms with van der Waals surface area (Å²) in [6.07, 6.45) is 2.77. The van der Waals surface area contributed by atoms with Crippen molar-refractivity contribution >= 4 is 5.78 Å². The maximum absolute atomic E-state index is 13.5. The van der Waals surface area contributed by atoms with Crippen LogP contribution in [0.15, 0.2) is 24.3 Å². The van der Waals surface area contributed by atoms with Crippen LogP contribution in [0.1, 0.15) is 36.5 Å². The number of carbonyl (C=O) groups excluding carboxylic acids is 1. The van der Waals surface area contributed by atoms with Crippen LogP contribution in [0.25, 0.3) is 0 Å². The fraction of sp³-hybridized carbons (Fsp3) is 0.533. The molecule has 0 aromatic heterocycles. The molecule has 2 rings (SSSR count). The van der Waals surface area contributed by atoms with Crippen molar-refractivity contribution < 1.29 is 9.18 Å². The van der Waals surface area contributed by atoms with Gasteiger partial charge < -0.3 is 5.32 Å². The zero-order valence-corrected chi connectivity index (χ0v) is 10.8. The average Bonchev–Trinajstić information content (AvgIpc) is 2.40. The SMILES string of the molecule is CC(CC(=O)c1ccccc1F)C1CCCNC1. The number of benzene rings is 1. The highest BCUT2D eigenvalue weighted by Crippen LogP contribution is 2.24. The first-order chi connectivity index (χ1) is 8.68. The maximum atomic E-state index is 13.5. The zero-order valence-electron chi connectivity index (χ0n) is 10.8. The third-order valence-corrected chi connectivity index (χ3v) is 3.82. The van der Waals surface area contributed by atoms with Crippen LogP contribution >= 0.6 is 0 Å². The second kappa shape index (κ2) is 6.10. The zero-order chi connectivity index (χ0) is 13.0. The van der Waals surface area contributed by atoms with Crippen LogP contribution in [0, 0.1) is 17.7 Å². The topological polar surface area (TPSA) is 29.1 Å². The van der Waals surface area contributed by atoms with E-state index in [9.17, 15) is 9.18 Å². The molecule has 1 heterocycles. The molecule has 2 unspecified atom stereocenters. The van der Waals surface area contributed by atoms with Gasteiger partial charge in [0.05, 0.1) is 5.56 Å². The summed E-state index contributed by atoms with van der Waals surface area (Å²) in [6.45, 7) is 4.15. The Morgan fingerprint density at radius 1 is 1.50 bits per heavy atom. The largest absolute Gasteiger partial charge is 0.316 e. The lowest BCUT2D eigenvalue weighted by Gasteiger charge is -2.28. The van der Waals surface area contributed by atoms with Crippen LogP contribution in [-0.4, -0.2) is 18.9 Å². The monoisotopic (exact) mass is 249 g/mol. The Hall–Kier alpha value is -1.22. The number of nitrogens with one attached hydrogen (secondary N) is 1. The molecule has 1 aromatic rings. The van der Waals surface area contributed by atoms with E-state index in [1.54, 1.807) is 18.2 Å². The maximum Gasteiger partial charge on any atom is 0.166 e. The number of piperidine rings is 1. The van der Waals surface area contributed by atoms with Crippen molar-refractivity contribution in [3.63, 3.8) is 0 Å². The lowest BCUT2D eigenvalue weighted by molar-refractivity contribution is 0.0939. The predicted molar refractivity (Wildman–Crippen MR) is 70.1 cm³/mol. The minimum atomic E-state index is -0.406. The second-order valence-corrected chi connectivity index (χ2v) is 5.19. The van der Waals surface area contributed by atoms with Crippen LogP contribution in [0.4, 0.5) is 4.39 Å². The van der Waals surface area contributed by atoms with E-state index in [2.05, 4.69) is 12.2 Å². The summed E-state index contributed by atoms with van der Waals surface area (Å²) in [5.74, 6) is 0.363. The molecule has 18 heavy (non-hydrogen) atoms. The van der Waals surface area contributed by atoms with Gasteiger partial charge in [-0.1, -0.05) is 19.1 Å². The van der Waals surface area contributed by atoms with E-state index in [1.807, 2.05) is 0 Å². The van der Waals surface area contributed by atoms with Crippen LogP contribution in [0.5, 0.6) is 0 Å². The third kappa shape index (κ3) is 3.16. The summed E-state index contributed by atoms with van der Waals surface area (Å²) < 4.78 is 13.5. The molecule has 3 heteroatoms. The Kier molecular flexibility index (Phi) is 4.48. The third-order valence-electron chi connectivity index (χ3n) is 3.82. The van der Waals surface area contributed by atoms with Crippen LogP contribution < -0.4 is 5.32 Å². The molecule has 1 fully saturated rings. The predicted octanol–water partition coefficient (Wildman–Crippen LogP) is 3.03. The molecule has 0 spiro atoms. The summed E-state index contributed by atoms with van der Waals surface area (Å²) in [4.78, 5) is 12.1. The van der Waals surface area contributed by atoms with Gasteiger partial charge in [-0.2, -0.15) is 0 Å². The van der Waals surface area contributed by atoms with Crippen molar-refractivity contribution in [1.82, 2.24) is 5.32 Å². The number of halogens is 1. The standard InChI is InChI=1S/C15H20FNO/c1-11(12-5-4-8-17-10-12)9-15(18)13-6-2-3-7-14(13)16/h2-3,6-7,11-12,17H,4-5,8-10H2,1H3. The summed E-state index contributed by atoms with van der Waals surface area (Å²) in [5, 5.41) is 3.35. The Labute approximate surface area is 108 Å². The Morgan fingerprint density at radius 2 is 2.28 bits per heavy atom. The minimum Gasteiger partial charge on any atom is -0.316 e. The molecule has 0 aliphatic carbocycles. The summed E-state index contributed by atoms with van der Waals surface area (Å²) >= 11 is 0. The van der Waals surface area contributed by atoms with Crippen molar-refractivity contribution in [1.29, 1.82) is 0 Å². The van der Waals surface area contributed by atoms with E-state index in [4.69, 9.17) is 0 Å². The molecule has 1 N–H and O–H groups in total. The number of hydrogen-bond donors (Lipinski definition) is 1. The van der Waals surface area contributed by atoms with E-state index in [-0.39, 0.29) is 11.3 Å². The van der Waals surface area contributed by atoms with Gasteiger partial charge in [-0.15, -0.1) is 0 Å². The van der Waals surface area contributed by atoms with Crippen LogP contribution in [0.2, 0.25) is 0 Å². The minimum absolute atomic E-state index is 0.0776. The number of ketones is 1. The molecular weight excluding hydrogens is 229 g/mol. The lowest BCUT2D eigenvalue weighted by Crippen LogP contribution is -2.34. The van der Waals surface area contributed by atoms with Gasteiger partial charge >= 0.3 is 0 Å². The molecule has 0 amide bonds. The molecule has 1 aliphatic heterocycles. The highest BCUT2D eigenvalue weighted by molar-refractivity contribution is 5.96. The molecule has 1 saturated heterocycles. The van der Waals surface area contributed by atoms with Gasteiger partial charge in [0.15, 0.2) is 5.78 Å². The van der Waals surface area contributed by atoms with Crippen molar-refractivity contribution in [2.45, 2.75) is 26.2 Å². The first-order valence-electron chi connectivity index (χ1n) is 6.67. The van der Waals surface area contributed by atoms with Gasteiger partial charge in [0.1, 0.15) is 5.82 Å². The van der Waals surface area contributed by atoms with E-state index in [1.165, 1.54) is 18.9 Å². The van der Waals surface area contributed by atoms with E-state index in [0.29, 0.717) is 18.3 Å². The van der Waals surface area contributed by atoms with Gasteiger partial charge in [-0.25, -0.2) is 4.39 Å². The molecule has 0 radical (unpaired) electrons. The molecule has 2 atom stereocenters. The lowest BCUT2D eigenvalue weighted by atomic mass is 9.83. The molecule has 98 valence electrons. The molecular formula is C15H20FNO. The van der Waals surface area contributed by atoms with E-state index >= 15 is 0 Å². The molecule has 1 aliphatic rings. The average molecular weight is 249 g/mol. The number of rotatable bonds is 4. The number of hydrogen-bond acceptors (Lipinski definition) is 2. The van der Waals surface area contributed by atoms with E-state index in [0.717, 1.165) is 13.1 Å². The van der Waals surface area contributed by atoms with Gasteiger partial charge in [-0.3, -0.25) is 4.79 Å². The molecule has 0 saturated carbocycles. The first kappa shape index (κ1) is 13.2. The van der Waals surface area contributed by atoms with Gasteiger partial charge in [0.2, 0.25) is 0 Å². The number of Topliss-reactive ketones (excluding diaryl/α,β-unsaturated/α-hetero) is 1. The van der Waals surface area contributed by atoms with Gasteiger partial charge in [0, 0.05) is 6.42 Å². The van der Waals surface area contributed by atoms with Crippen molar-refractivity contribution in [2.24, 2.45) is 11.8 Å². The van der Waals surface area contributed by atoms with Crippen molar-refractivity contribution in [3.05, 3.63) is 35.6 Å². The van der Waals surface area contributed by atoms with Crippen LogP contribution in [0.3, 0.4) is 0 Å². The highest BCUT2D eigenvalue weighted by atomic mass is 19.1. The van der Waals surface area contributed by atoms with Crippen molar-refractivity contribution in [2.75, 3.05) is 13.1 Å². The summed E-state index contributed by atoms with van der Waals surface area (Å²) in [5.41, 5.74) is 0.230. The quantitative estimate of drug-likeness (QED) is 0.831.